The number of hydrogen-bond acceptors (Lipinski definition) is 8. The van der Waals surface area contributed by atoms with Gasteiger partial charge in [0.2, 0.25) is 0 Å². The number of methoxy groups -OCH3 is 1. The summed E-state index contributed by atoms with van der Waals surface area (Å²) in [6.07, 6.45) is 1.45. The fraction of sp³-hybridized carbons (Fsp3) is 0.161. The molecule has 0 aromatic heterocycles. The number of carbonyl (C=O) groups is 1. The summed E-state index contributed by atoms with van der Waals surface area (Å²) in [5.41, 5.74) is 5.11. The highest BCUT2D eigenvalue weighted by molar-refractivity contribution is 9.10. The van der Waals surface area contributed by atoms with E-state index in [0.717, 1.165) is 11.1 Å². The Labute approximate surface area is 251 Å². The van der Waals surface area contributed by atoms with Crippen LogP contribution >= 0.6 is 15.9 Å². The molecule has 0 radical (unpaired) electrons. The number of carbonyl (C=O) groups excluding carboxylic acids is 1. The number of hydrazone groups is 1. The predicted molar refractivity (Wildman–Crippen MR) is 162 cm³/mol. The largest absolute Gasteiger partial charge is 0.493 e. The maximum absolute atomic E-state index is 12.3. The van der Waals surface area contributed by atoms with Gasteiger partial charge in [0.05, 0.1) is 29.3 Å². The van der Waals surface area contributed by atoms with Gasteiger partial charge in [0, 0.05) is 17.7 Å². The Morgan fingerprint density at radius 2 is 1.64 bits per heavy atom. The van der Waals surface area contributed by atoms with Gasteiger partial charge in [-0.3, -0.25) is 14.9 Å². The second kappa shape index (κ2) is 14.6. The second-order valence-electron chi connectivity index (χ2n) is 8.81. The van der Waals surface area contributed by atoms with E-state index >= 15 is 0 Å². The fourth-order valence-corrected chi connectivity index (χ4v) is 4.41. The quantitative estimate of drug-likeness (QED) is 0.0989. The first-order valence-corrected chi connectivity index (χ1v) is 13.7. The average molecular weight is 634 g/mol. The van der Waals surface area contributed by atoms with Crippen LogP contribution in [0.5, 0.6) is 23.0 Å². The molecular weight excluding hydrogens is 606 g/mol. The highest BCUT2D eigenvalue weighted by atomic mass is 79.9. The van der Waals surface area contributed by atoms with Crippen molar-refractivity contribution in [1.29, 1.82) is 0 Å². The van der Waals surface area contributed by atoms with Gasteiger partial charge in [0.15, 0.2) is 23.0 Å². The molecule has 0 saturated heterocycles. The number of amides is 1. The van der Waals surface area contributed by atoms with Crippen LogP contribution in [0.3, 0.4) is 0 Å². The predicted octanol–water partition coefficient (Wildman–Crippen LogP) is 6.69. The van der Waals surface area contributed by atoms with Crippen LogP contribution in [0, 0.1) is 10.1 Å². The molecule has 42 heavy (non-hydrogen) atoms. The van der Waals surface area contributed by atoms with E-state index in [-0.39, 0.29) is 17.9 Å². The number of nitro groups is 1. The van der Waals surface area contributed by atoms with Gasteiger partial charge in [-0.1, -0.05) is 36.4 Å². The maximum atomic E-state index is 12.3. The number of nitro benzene ring substituents is 1. The van der Waals surface area contributed by atoms with E-state index in [2.05, 4.69) is 26.5 Å². The Bertz CT molecular complexity index is 1560. The van der Waals surface area contributed by atoms with E-state index in [1.807, 2.05) is 55.5 Å². The Morgan fingerprint density at radius 1 is 0.905 bits per heavy atom. The Balaban J connectivity index is 1.40. The summed E-state index contributed by atoms with van der Waals surface area (Å²) in [5.74, 6) is 1.72. The molecule has 1 amide bonds. The highest BCUT2D eigenvalue weighted by Crippen LogP contribution is 2.37. The normalized spacial score (nSPS) is 10.7. The number of non-ortho nitro benzene ring substituents is 1. The zero-order valence-corrected chi connectivity index (χ0v) is 24.5. The maximum Gasteiger partial charge on any atom is 0.271 e. The van der Waals surface area contributed by atoms with E-state index in [1.165, 1.54) is 37.6 Å². The van der Waals surface area contributed by atoms with E-state index in [1.54, 1.807) is 12.1 Å². The number of ether oxygens (including phenoxy) is 4. The first-order chi connectivity index (χ1) is 20.4. The summed E-state index contributed by atoms with van der Waals surface area (Å²) < 4.78 is 24.1. The molecule has 4 aromatic rings. The summed E-state index contributed by atoms with van der Waals surface area (Å²) in [7, 11) is 1.53. The third-order valence-electron chi connectivity index (χ3n) is 5.90. The zero-order chi connectivity index (χ0) is 29.9. The summed E-state index contributed by atoms with van der Waals surface area (Å²) in [6, 6.07) is 24.3. The van der Waals surface area contributed by atoms with Gasteiger partial charge in [-0.2, -0.15) is 5.10 Å². The van der Waals surface area contributed by atoms with Crippen molar-refractivity contribution in [3.05, 3.63) is 122 Å². The van der Waals surface area contributed by atoms with Crippen LogP contribution in [-0.2, 0) is 13.2 Å². The Hall–Kier alpha value is -4.90. The average Bonchev–Trinajstić information content (AvgIpc) is 3.00. The van der Waals surface area contributed by atoms with Crippen molar-refractivity contribution in [3.63, 3.8) is 0 Å². The standard InChI is InChI=1S/C31H28BrN3O7/c1-3-40-28-16-22(9-14-27(28)41-19-21-7-5-4-6-8-21)20-42-30-26(32)15-23(17-29(30)39-2)18-33-34-31(36)24-10-12-25(13-11-24)35(37)38/h4-18H,3,19-20H2,1-2H3,(H,34,36)/b33-18+. The molecule has 10 nitrogen and oxygen atoms in total. The number of hydrogen-bond donors (Lipinski definition) is 1. The molecule has 4 aromatic carbocycles. The van der Waals surface area contributed by atoms with Crippen molar-refractivity contribution in [2.45, 2.75) is 20.1 Å². The van der Waals surface area contributed by atoms with Crippen molar-refractivity contribution in [2.75, 3.05) is 13.7 Å². The SMILES string of the molecule is CCOc1cc(COc2c(Br)cc(/C=N/NC(=O)c3ccc([N+](=O)[O-])cc3)cc2OC)ccc1OCc1ccccc1. The zero-order valence-electron chi connectivity index (χ0n) is 22.9. The molecule has 0 atom stereocenters. The van der Waals surface area contributed by atoms with Crippen molar-refractivity contribution in [1.82, 2.24) is 5.43 Å². The van der Waals surface area contributed by atoms with Gasteiger partial charge in [0.1, 0.15) is 13.2 Å². The molecule has 4 rings (SSSR count). The summed E-state index contributed by atoms with van der Waals surface area (Å²) in [6.45, 7) is 3.07. The first kappa shape index (κ1) is 30.1. The van der Waals surface area contributed by atoms with Crippen molar-refractivity contribution >= 4 is 33.7 Å². The molecular formula is C31H28BrN3O7. The van der Waals surface area contributed by atoms with Gasteiger partial charge in [-0.05, 0) is 75.9 Å². The van der Waals surface area contributed by atoms with Crippen LogP contribution in [-0.4, -0.2) is 30.8 Å². The van der Waals surface area contributed by atoms with Crippen LogP contribution in [0.15, 0.2) is 94.5 Å². The second-order valence-corrected chi connectivity index (χ2v) is 9.67. The Kier molecular flexibility index (Phi) is 10.5. The van der Waals surface area contributed by atoms with Crippen molar-refractivity contribution in [2.24, 2.45) is 5.10 Å². The highest BCUT2D eigenvalue weighted by Gasteiger charge is 2.14. The molecule has 0 fully saturated rings. The number of benzene rings is 4. The minimum atomic E-state index is -0.532. The molecule has 216 valence electrons. The lowest BCUT2D eigenvalue weighted by Gasteiger charge is -2.16. The summed E-state index contributed by atoms with van der Waals surface area (Å²) >= 11 is 3.53. The van der Waals surface area contributed by atoms with Crippen LogP contribution in [0.25, 0.3) is 0 Å². The lowest BCUT2D eigenvalue weighted by molar-refractivity contribution is -0.384. The number of nitrogens with one attached hydrogen (secondary N) is 1. The minimum Gasteiger partial charge on any atom is -0.493 e. The summed E-state index contributed by atoms with van der Waals surface area (Å²) in [5, 5.41) is 14.8. The molecule has 0 spiro atoms. The fourth-order valence-electron chi connectivity index (χ4n) is 3.84. The number of nitrogens with zero attached hydrogens (tertiary/aromatic N) is 2. The summed E-state index contributed by atoms with van der Waals surface area (Å²) in [4.78, 5) is 22.6. The molecule has 11 heteroatoms. The van der Waals surface area contributed by atoms with Gasteiger partial charge >= 0.3 is 0 Å². The molecule has 0 heterocycles. The lowest BCUT2D eigenvalue weighted by atomic mass is 10.2. The molecule has 0 bridgehead atoms. The smallest absolute Gasteiger partial charge is 0.271 e. The minimum absolute atomic E-state index is 0.103. The monoisotopic (exact) mass is 633 g/mol. The van der Waals surface area contributed by atoms with Gasteiger partial charge in [-0.25, -0.2) is 5.43 Å². The lowest BCUT2D eigenvalue weighted by Crippen LogP contribution is -2.17. The van der Waals surface area contributed by atoms with Crippen molar-refractivity contribution in [3.8, 4) is 23.0 Å². The topological polar surface area (TPSA) is 122 Å². The molecule has 0 saturated carbocycles. The van der Waals surface area contributed by atoms with Crippen LogP contribution < -0.4 is 24.4 Å². The van der Waals surface area contributed by atoms with Crippen LogP contribution in [0.4, 0.5) is 5.69 Å². The third-order valence-corrected chi connectivity index (χ3v) is 6.49. The third kappa shape index (κ3) is 8.07. The van der Waals surface area contributed by atoms with E-state index < -0.39 is 10.8 Å². The van der Waals surface area contributed by atoms with Crippen molar-refractivity contribution < 1.29 is 28.7 Å². The van der Waals surface area contributed by atoms with Crippen LogP contribution in [0.1, 0.15) is 34.0 Å². The molecule has 0 aliphatic rings. The molecule has 0 aliphatic heterocycles. The van der Waals surface area contributed by atoms with Gasteiger partial charge < -0.3 is 18.9 Å². The van der Waals surface area contributed by atoms with Gasteiger partial charge in [0.25, 0.3) is 11.6 Å². The van der Waals surface area contributed by atoms with Crippen LogP contribution in [0.2, 0.25) is 0 Å². The molecule has 1 N–H and O–H groups in total. The first-order valence-electron chi connectivity index (χ1n) is 12.9. The number of rotatable bonds is 13. The number of halogens is 1. The molecule has 0 aliphatic carbocycles. The van der Waals surface area contributed by atoms with E-state index in [0.29, 0.717) is 46.2 Å². The van der Waals surface area contributed by atoms with Gasteiger partial charge in [-0.15, -0.1) is 0 Å². The Morgan fingerprint density at radius 3 is 2.33 bits per heavy atom. The molecule has 0 unspecified atom stereocenters. The van der Waals surface area contributed by atoms with E-state index in [9.17, 15) is 14.9 Å². The van der Waals surface area contributed by atoms with E-state index in [4.69, 9.17) is 18.9 Å².